The van der Waals surface area contributed by atoms with Crippen molar-refractivity contribution in [2.75, 3.05) is 0 Å². The smallest absolute Gasteiger partial charge is 0.261 e. The second-order valence-electron chi connectivity index (χ2n) is 7.07. The molecule has 0 atom stereocenters. The Labute approximate surface area is 148 Å². The zero-order chi connectivity index (χ0) is 17.6. The van der Waals surface area contributed by atoms with Gasteiger partial charge in [0, 0.05) is 19.0 Å². The molecule has 1 aromatic heterocycles. The summed E-state index contributed by atoms with van der Waals surface area (Å²) in [5.41, 5.74) is 1.65. The highest BCUT2D eigenvalue weighted by atomic mass is 16.2. The average molecular weight is 341 g/mol. The van der Waals surface area contributed by atoms with Gasteiger partial charge in [-0.05, 0) is 31.4 Å². The molecule has 3 rings (SSSR count). The molecule has 0 aliphatic heterocycles. The van der Waals surface area contributed by atoms with E-state index in [4.69, 9.17) is 0 Å². The normalized spacial score (nSPS) is 16.4. The third-order valence-corrected chi connectivity index (χ3v) is 5.11. The number of nitrogens with zero attached hydrogens (tertiary/aromatic N) is 2. The van der Waals surface area contributed by atoms with Crippen LogP contribution in [0.4, 0.5) is 0 Å². The first-order valence-electron chi connectivity index (χ1n) is 9.39. The number of para-hydroxylation sites is 1. The van der Waals surface area contributed by atoms with Gasteiger partial charge in [0.1, 0.15) is 0 Å². The van der Waals surface area contributed by atoms with Crippen molar-refractivity contribution in [2.45, 2.75) is 70.9 Å². The first-order valence-corrected chi connectivity index (χ1v) is 9.39. The molecule has 0 radical (unpaired) electrons. The van der Waals surface area contributed by atoms with E-state index in [0.29, 0.717) is 24.4 Å². The van der Waals surface area contributed by atoms with Gasteiger partial charge in [-0.15, -0.1) is 0 Å². The Morgan fingerprint density at radius 1 is 1.20 bits per heavy atom. The van der Waals surface area contributed by atoms with Crippen molar-refractivity contribution in [2.24, 2.45) is 0 Å². The highest BCUT2D eigenvalue weighted by molar-refractivity contribution is 5.80. The zero-order valence-electron chi connectivity index (χ0n) is 15.0. The van der Waals surface area contributed by atoms with Gasteiger partial charge in [0.15, 0.2) is 0 Å². The van der Waals surface area contributed by atoms with Gasteiger partial charge < -0.3 is 5.32 Å². The molecule has 1 N–H and O–H groups in total. The second-order valence-corrected chi connectivity index (χ2v) is 7.07. The number of hydrogen-bond donors (Lipinski definition) is 1. The summed E-state index contributed by atoms with van der Waals surface area (Å²) in [6.45, 7) is 2.32. The van der Waals surface area contributed by atoms with Crippen LogP contribution in [-0.2, 0) is 11.3 Å². The minimum absolute atomic E-state index is 0.0295. The van der Waals surface area contributed by atoms with Crippen LogP contribution in [0.1, 0.15) is 56.9 Å². The number of carbonyl (C=O) groups is 1. The number of aromatic nitrogens is 2. The van der Waals surface area contributed by atoms with Crippen LogP contribution in [0.2, 0.25) is 0 Å². The maximum atomic E-state index is 12.6. The number of aryl methyl sites for hydroxylation is 2. The maximum absolute atomic E-state index is 12.6. The van der Waals surface area contributed by atoms with Crippen LogP contribution in [0.5, 0.6) is 0 Å². The Hall–Kier alpha value is -2.17. The summed E-state index contributed by atoms with van der Waals surface area (Å²) in [5, 5.41) is 3.76. The molecule has 0 unspecified atom stereocenters. The number of nitrogens with one attached hydrogen (secondary N) is 1. The largest absolute Gasteiger partial charge is 0.353 e. The monoisotopic (exact) mass is 341 g/mol. The Bertz CT molecular complexity index is 789. The van der Waals surface area contributed by atoms with Crippen LogP contribution in [0.25, 0.3) is 10.9 Å². The molecule has 0 saturated heterocycles. The van der Waals surface area contributed by atoms with Gasteiger partial charge in [0.25, 0.3) is 5.56 Å². The van der Waals surface area contributed by atoms with Gasteiger partial charge in [-0.2, -0.15) is 0 Å². The van der Waals surface area contributed by atoms with Crippen LogP contribution >= 0.6 is 0 Å². The van der Waals surface area contributed by atoms with Gasteiger partial charge in [-0.25, -0.2) is 4.98 Å². The SMILES string of the molecule is Cc1cccc2c(=O)n(CCC(=O)NC3CCCCCCC3)cnc12. The first kappa shape index (κ1) is 17.6. The van der Waals surface area contributed by atoms with E-state index in [1.165, 1.54) is 32.1 Å². The molecule has 134 valence electrons. The van der Waals surface area contributed by atoms with E-state index in [0.717, 1.165) is 23.9 Å². The molecule has 1 aliphatic carbocycles. The standard InChI is InChI=1S/C20H27N3O2/c1-15-8-7-11-17-19(15)21-14-23(20(17)25)13-12-18(24)22-16-9-5-3-2-4-6-10-16/h7-8,11,14,16H,2-6,9-10,12-13H2,1H3,(H,22,24). The number of amides is 1. The second kappa shape index (κ2) is 8.28. The highest BCUT2D eigenvalue weighted by Crippen LogP contribution is 2.17. The van der Waals surface area contributed by atoms with Crippen molar-refractivity contribution < 1.29 is 4.79 Å². The molecule has 0 bridgehead atoms. The predicted octanol–water partition coefficient (Wildman–Crippen LogP) is 3.32. The maximum Gasteiger partial charge on any atom is 0.261 e. The lowest BCUT2D eigenvalue weighted by Gasteiger charge is -2.21. The lowest BCUT2D eigenvalue weighted by molar-refractivity contribution is -0.122. The molecule has 0 spiro atoms. The van der Waals surface area contributed by atoms with Crippen molar-refractivity contribution in [1.29, 1.82) is 0 Å². The summed E-state index contributed by atoms with van der Waals surface area (Å²) in [6, 6.07) is 5.90. The van der Waals surface area contributed by atoms with Gasteiger partial charge in [0.2, 0.25) is 5.91 Å². The number of hydrogen-bond acceptors (Lipinski definition) is 3. The van der Waals surface area contributed by atoms with Gasteiger partial charge in [-0.3, -0.25) is 14.2 Å². The fourth-order valence-corrected chi connectivity index (χ4v) is 3.62. The Balaban J connectivity index is 1.61. The molecule has 5 nitrogen and oxygen atoms in total. The number of benzene rings is 1. The molecule has 1 saturated carbocycles. The number of rotatable bonds is 4. The van der Waals surface area contributed by atoms with Crippen LogP contribution in [0, 0.1) is 6.92 Å². The summed E-state index contributed by atoms with van der Waals surface area (Å²) < 4.78 is 1.54. The molecule has 1 aromatic carbocycles. The van der Waals surface area contributed by atoms with Gasteiger partial charge >= 0.3 is 0 Å². The number of carbonyl (C=O) groups excluding carboxylic acids is 1. The third-order valence-electron chi connectivity index (χ3n) is 5.11. The van der Waals surface area contributed by atoms with Gasteiger partial charge in [0.05, 0.1) is 17.2 Å². The molecule has 5 heteroatoms. The average Bonchev–Trinajstić information content (AvgIpc) is 2.57. The lowest BCUT2D eigenvalue weighted by Crippen LogP contribution is -2.36. The zero-order valence-corrected chi connectivity index (χ0v) is 15.0. The first-order chi connectivity index (χ1) is 12.1. The minimum atomic E-state index is -0.0764. The van der Waals surface area contributed by atoms with Crippen molar-refractivity contribution in [1.82, 2.24) is 14.9 Å². The van der Waals surface area contributed by atoms with Crippen molar-refractivity contribution in [3.8, 4) is 0 Å². The minimum Gasteiger partial charge on any atom is -0.353 e. The third kappa shape index (κ3) is 4.47. The lowest BCUT2D eigenvalue weighted by atomic mass is 9.96. The van der Waals surface area contributed by atoms with Crippen LogP contribution in [0.3, 0.4) is 0 Å². The van der Waals surface area contributed by atoms with E-state index >= 15 is 0 Å². The van der Waals surface area contributed by atoms with E-state index in [-0.39, 0.29) is 11.5 Å². The van der Waals surface area contributed by atoms with E-state index < -0.39 is 0 Å². The Morgan fingerprint density at radius 3 is 2.68 bits per heavy atom. The summed E-state index contributed by atoms with van der Waals surface area (Å²) in [7, 11) is 0. The quantitative estimate of drug-likeness (QED) is 0.928. The molecule has 25 heavy (non-hydrogen) atoms. The van der Waals surface area contributed by atoms with Crippen LogP contribution < -0.4 is 10.9 Å². The molecule has 1 fully saturated rings. The van der Waals surface area contributed by atoms with Crippen LogP contribution in [0.15, 0.2) is 29.3 Å². The van der Waals surface area contributed by atoms with E-state index in [1.54, 1.807) is 17.0 Å². The number of fused-ring (bicyclic) bond motifs is 1. The van der Waals surface area contributed by atoms with Crippen LogP contribution in [-0.4, -0.2) is 21.5 Å². The Kier molecular flexibility index (Phi) is 5.84. The molecule has 1 aliphatic rings. The molecular formula is C20H27N3O2. The van der Waals surface area contributed by atoms with E-state index in [9.17, 15) is 9.59 Å². The fraction of sp³-hybridized carbons (Fsp3) is 0.550. The molecular weight excluding hydrogens is 314 g/mol. The highest BCUT2D eigenvalue weighted by Gasteiger charge is 2.14. The van der Waals surface area contributed by atoms with E-state index in [1.807, 2.05) is 19.1 Å². The predicted molar refractivity (Wildman–Crippen MR) is 99.6 cm³/mol. The Morgan fingerprint density at radius 2 is 1.92 bits per heavy atom. The summed E-state index contributed by atoms with van der Waals surface area (Å²) in [6.07, 6.45) is 10.3. The fourth-order valence-electron chi connectivity index (χ4n) is 3.62. The topological polar surface area (TPSA) is 64.0 Å². The molecule has 1 amide bonds. The van der Waals surface area contributed by atoms with Crippen molar-refractivity contribution in [3.63, 3.8) is 0 Å². The summed E-state index contributed by atoms with van der Waals surface area (Å²) >= 11 is 0. The molecule has 2 aromatic rings. The van der Waals surface area contributed by atoms with E-state index in [2.05, 4.69) is 10.3 Å². The van der Waals surface area contributed by atoms with Crippen molar-refractivity contribution >= 4 is 16.8 Å². The summed E-state index contributed by atoms with van der Waals surface area (Å²) in [5.74, 6) is 0.0295. The summed E-state index contributed by atoms with van der Waals surface area (Å²) in [4.78, 5) is 29.2. The van der Waals surface area contributed by atoms with Crippen molar-refractivity contribution in [3.05, 3.63) is 40.4 Å². The van der Waals surface area contributed by atoms with Gasteiger partial charge in [-0.1, -0.05) is 44.2 Å². The molecule has 1 heterocycles.